The normalized spacial score (nSPS) is 18.8. The van der Waals surface area contributed by atoms with Gasteiger partial charge in [0.1, 0.15) is 11.8 Å². The Bertz CT molecular complexity index is 1600. The molecule has 0 saturated carbocycles. The van der Waals surface area contributed by atoms with Crippen LogP contribution in [0, 0.1) is 0 Å². The molecule has 3 aromatic carbocycles. The highest BCUT2D eigenvalue weighted by atomic mass is 79.9. The van der Waals surface area contributed by atoms with Crippen molar-refractivity contribution in [1.29, 1.82) is 0 Å². The second kappa shape index (κ2) is 8.60. The highest BCUT2D eigenvalue weighted by Gasteiger charge is 2.51. The number of carbonyl (C=O) groups is 2. The number of halogens is 1. The number of carbonyl (C=O) groups excluding carboxylic acids is 1. The Morgan fingerprint density at radius 3 is 2.46 bits per heavy atom. The molecule has 3 heterocycles. The van der Waals surface area contributed by atoms with Gasteiger partial charge in [-0.2, -0.15) is 0 Å². The minimum absolute atomic E-state index is 0.136. The molecule has 1 aromatic heterocycles. The second-order valence-corrected chi connectivity index (χ2v) is 10.3. The standard InChI is InChI=1S/C27H21BrN4O4S/c1-36-18-9-4-14(5-10-18)23-24-20(19-12-16(28)6-11-21(19)32(24)29)13-22-25(33)30(27(37)31(22)23)17-7-2-15(3-8-17)26(34)35/h2-12,22-23H,13,29H2,1H3,(H,34,35). The fourth-order valence-corrected chi connectivity index (χ4v) is 6.18. The third-order valence-corrected chi connectivity index (χ3v) is 7.99. The van der Waals surface area contributed by atoms with Gasteiger partial charge >= 0.3 is 5.97 Å². The zero-order valence-electron chi connectivity index (χ0n) is 19.6. The molecule has 1 amide bonds. The Labute approximate surface area is 225 Å². The molecule has 0 spiro atoms. The van der Waals surface area contributed by atoms with E-state index in [4.69, 9.17) is 22.8 Å². The highest BCUT2D eigenvalue weighted by molar-refractivity contribution is 9.10. The van der Waals surface area contributed by atoms with Crippen molar-refractivity contribution in [2.75, 3.05) is 17.9 Å². The summed E-state index contributed by atoms with van der Waals surface area (Å²) in [5, 5.41) is 10.6. The number of fused-ring (bicyclic) bond motifs is 4. The van der Waals surface area contributed by atoms with Crippen molar-refractivity contribution in [2.45, 2.75) is 18.5 Å². The fourth-order valence-electron chi connectivity index (χ4n) is 5.39. The molecule has 4 aromatic rings. The number of thiocarbonyl (C=S) groups is 1. The van der Waals surface area contributed by atoms with Gasteiger partial charge in [-0.3, -0.25) is 14.4 Å². The van der Waals surface area contributed by atoms with Crippen LogP contribution in [0.2, 0.25) is 0 Å². The third kappa shape index (κ3) is 3.51. The molecule has 2 unspecified atom stereocenters. The van der Waals surface area contributed by atoms with E-state index < -0.39 is 18.1 Å². The number of amides is 1. The summed E-state index contributed by atoms with van der Waals surface area (Å²) in [5.41, 5.74) is 4.31. The molecule has 2 aliphatic heterocycles. The van der Waals surface area contributed by atoms with Crippen molar-refractivity contribution in [3.05, 3.63) is 93.6 Å². The average Bonchev–Trinajstić information content (AvgIpc) is 3.32. The maximum Gasteiger partial charge on any atom is 0.335 e. The maximum atomic E-state index is 13.9. The van der Waals surface area contributed by atoms with Crippen molar-refractivity contribution < 1.29 is 19.4 Å². The molecule has 8 nitrogen and oxygen atoms in total. The number of nitrogen functional groups attached to an aromatic ring is 1. The van der Waals surface area contributed by atoms with Gasteiger partial charge in [-0.05, 0) is 77.9 Å². The average molecular weight is 577 g/mol. The number of aromatic nitrogens is 1. The van der Waals surface area contributed by atoms with Crippen LogP contribution in [0.15, 0.2) is 71.2 Å². The lowest BCUT2D eigenvalue weighted by Crippen LogP contribution is -2.45. The molecule has 6 rings (SSSR count). The molecule has 1 saturated heterocycles. The first kappa shape index (κ1) is 23.5. The minimum Gasteiger partial charge on any atom is -0.497 e. The fraction of sp³-hybridized carbons (Fsp3) is 0.148. The van der Waals surface area contributed by atoms with Gasteiger partial charge < -0.3 is 20.6 Å². The van der Waals surface area contributed by atoms with Crippen LogP contribution in [0.4, 0.5) is 5.69 Å². The van der Waals surface area contributed by atoms with Gasteiger partial charge in [-0.1, -0.05) is 28.1 Å². The van der Waals surface area contributed by atoms with E-state index in [1.54, 1.807) is 23.9 Å². The summed E-state index contributed by atoms with van der Waals surface area (Å²) < 4.78 is 7.97. The lowest BCUT2D eigenvalue weighted by molar-refractivity contribution is -0.120. The Morgan fingerprint density at radius 1 is 1.11 bits per heavy atom. The van der Waals surface area contributed by atoms with E-state index >= 15 is 0 Å². The molecule has 3 N–H and O–H groups in total. The smallest absolute Gasteiger partial charge is 0.335 e. The molecule has 0 aliphatic carbocycles. The summed E-state index contributed by atoms with van der Waals surface area (Å²) in [6, 6.07) is 18.8. The summed E-state index contributed by atoms with van der Waals surface area (Å²) in [7, 11) is 1.61. The molecule has 10 heteroatoms. The van der Waals surface area contributed by atoms with Crippen LogP contribution in [0.3, 0.4) is 0 Å². The van der Waals surface area contributed by atoms with Crippen LogP contribution in [-0.4, -0.2) is 44.8 Å². The molecular weight excluding hydrogens is 556 g/mol. The summed E-state index contributed by atoms with van der Waals surface area (Å²) in [5.74, 6) is 6.22. The van der Waals surface area contributed by atoms with E-state index in [9.17, 15) is 14.7 Å². The first-order valence-electron chi connectivity index (χ1n) is 11.5. The number of methoxy groups -OCH3 is 1. The summed E-state index contributed by atoms with van der Waals surface area (Å²) in [6.45, 7) is 0. The molecule has 2 atom stereocenters. The monoisotopic (exact) mass is 576 g/mol. The summed E-state index contributed by atoms with van der Waals surface area (Å²) in [6.07, 6.45) is 0.432. The number of nitrogens with two attached hydrogens (primary N) is 1. The lowest BCUT2D eigenvalue weighted by Gasteiger charge is -2.38. The van der Waals surface area contributed by atoms with Gasteiger partial charge in [0.2, 0.25) is 0 Å². The number of hydrogen-bond acceptors (Lipinski definition) is 5. The first-order valence-corrected chi connectivity index (χ1v) is 12.7. The van der Waals surface area contributed by atoms with E-state index in [0.29, 0.717) is 23.0 Å². The summed E-state index contributed by atoms with van der Waals surface area (Å²) >= 11 is 9.48. The van der Waals surface area contributed by atoms with E-state index in [1.807, 2.05) is 47.4 Å². The lowest BCUT2D eigenvalue weighted by atomic mass is 9.89. The molecular formula is C27H21BrN4O4S. The van der Waals surface area contributed by atoms with Gasteiger partial charge in [0.05, 0.1) is 35.6 Å². The molecule has 2 aliphatic rings. The van der Waals surface area contributed by atoms with E-state index in [0.717, 1.165) is 32.2 Å². The zero-order valence-corrected chi connectivity index (χ0v) is 22.0. The Hall–Kier alpha value is -3.89. The van der Waals surface area contributed by atoms with Crippen LogP contribution in [0.5, 0.6) is 5.75 Å². The molecule has 1 fully saturated rings. The van der Waals surface area contributed by atoms with Crippen LogP contribution in [0.1, 0.15) is 33.2 Å². The number of anilines is 1. The van der Waals surface area contributed by atoms with Crippen LogP contribution in [0.25, 0.3) is 10.9 Å². The Balaban J connectivity index is 1.53. The van der Waals surface area contributed by atoms with Crippen molar-refractivity contribution in [3.8, 4) is 5.75 Å². The zero-order chi connectivity index (χ0) is 26.0. The quantitative estimate of drug-likeness (QED) is 0.273. The largest absolute Gasteiger partial charge is 0.497 e. The third-order valence-electron chi connectivity index (χ3n) is 7.10. The Kier molecular flexibility index (Phi) is 5.46. The van der Waals surface area contributed by atoms with Gasteiger partial charge in [0.15, 0.2) is 5.11 Å². The second-order valence-electron chi connectivity index (χ2n) is 9.01. The minimum atomic E-state index is -1.03. The maximum absolute atomic E-state index is 13.9. The number of aromatic carboxylic acids is 1. The first-order chi connectivity index (χ1) is 17.8. The predicted octanol–water partition coefficient (Wildman–Crippen LogP) is 4.47. The van der Waals surface area contributed by atoms with Gasteiger partial charge in [0, 0.05) is 16.3 Å². The number of benzene rings is 3. The highest BCUT2D eigenvalue weighted by Crippen LogP contribution is 2.46. The van der Waals surface area contributed by atoms with Gasteiger partial charge in [-0.15, -0.1) is 0 Å². The number of hydrogen-bond donors (Lipinski definition) is 2. The predicted molar refractivity (Wildman–Crippen MR) is 147 cm³/mol. The van der Waals surface area contributed by atoms with Crippen molar-refractivity contribution in [2.24, 2.45) is 0 Å². The van der Waals surface area contributed by atoms with E-state index in [-0.39, 0.29) is 11.5 Å². The van der Waals surface area contributed by atoms with Crippen molar-refractivity contribution in [3.63, 3.8) is 0 Å². The summed E-state index contributed by atoms with van der Waals surface area (Å²) in [4.78, 5) is 28.7. The molecule has 0 radical (unpaired) electrons. The van der Waals surface area contributed by atoms with Crippen LogP contribution in [-0.2, 0) is 11.2 Å². The molecule has 186 valence electrons. The van der Waals surface area contributed by atoms with Crippen LogP contribution < -0.4 is 15.5 Å². The SMILES string of the molecule is COc1ccc(C2c3c(c4cc(Br)ccc4n3N)CC3C(=O)N(c4ccc(C(=O)O)cc4)C(=S)N32)cc1. The van der Waals surface area contributed by atoms with E-state index in [1.165, 1.54) is 17.0 Å². The number of carboxylic acids is 1. The molecule has 37 heavy (non-hydrogen) atoms. The van der Waals surface area contributed by atoms with Gasteiger partial charge in [-0.25, -0.2) is 4.79 Å². The molecule has 0 bridgehead atoms. The number of rotatable bonds is 4. The number of ether oxygens (including phenoxy) is 1. The van der Waals surface area contributed by atoms with E-state index in [2.05, 4.69) is 15.9 Å². The van der Waals surface area contributed by atoms with Crippen molar-refractivity contribution >= 4 is 61.7 Å². The Morgan fingerprint density at radius 2 is 1.81 bits per heavy atom. The number of nitrogens with zero attached hydrogens (tertiary/aromatic N) is 3. The van der Waals surface area contributed by atoms with Crippen molar-refractivity contribution in [1.82, 2.24) is 9.58 Å². The number of carboxylic acid groups (broad SMARTS) is 1. The topological polar surface area (TPSA) is 101 Å². The van der Waals surface area contributed by atoms with Gasteiger partial charge in [0.25, 0.3) is 5.91 Å². The van der Waals surface area contributed by atoms with Crippen LogP contribution >= 0.6 is 28.1 Å².